The molecule has 74 valence electrons. The molecule has 0 radical (unpaired) electrons. The van der Waals surface area contributed by atoms with Crippen LogP contribution in [0.1, 0.15) is 0 Å². The van der Waals surface area contributed by atoms with Crippen LogP contribution in [0.15, 0.2) is 27.4 Å². The minimum atomic E-state index is -0.462. The van der Waals surface area contributed by atoms with Gasteiger partial charge in [0.15, 0.2) is 5.58 Å². The van der Waals surface area contributed by atoms with E-state index in [0.717, 1.165) is 0 Å². The number of aromatic nitrogens is 1. The fourth-order valence-electron chi connectivity index (χ4n) is 1.20. The predicted molar refractivity (Wildman–Crippen MR) is 51.4 cm³/mol. The van der Waals surface area contributed by atoms with Gasteiger partial charge in [-0.25, -0.2) is 4.79 Å². The summed E-state index contributed by atoms with van der Waals surface area (Å²) in [5.41, 5.74) is 6.44. The van der Waals surface area contributed by atoms with Gasteiger partial charge in [0, 0.05) is 12.6 Å². The Morgan fingerprint density at radius 1 is 1.50 bits per heavy atom. The van der Waals surface area contributed by atoms with Gasteiger partial charge in [0.2, 0.25) is 0 Å². The molecule has 0 spiro atoms. The van der Waals surface area contributed by atoms with Gasteiger partial charge in [-0.3, -0.25) is 4.98 Å². The van der Waals surface area contributed by atoms with E-state index in [1.807, 2.05) is 0 Å². The van der Waals surface area contributed by atoms with Gasteiger partial charge in [-0.2, -0.15) is 0 Å². The van der Waals surface area contributed by atoms with E-state index in [4.69, 9.17) is 14.9 Å². The second-order valence-corrected chi connectivity index (χ2v) is 2.81. The zero-order valence-electron chi connectivity index (χ0n) is 7.45. The number of aromatic amines is 1. The van der Waals surface area contributed by atoms with Crippen LogP contribution in [0.2, 0.25) is 0 Å². The molecule has 1 heterocycles. The number of fused-ring (bicyclic) bond motifs is 1. The van der Waals surface area contributed by atoms with Crippen molar-refractivity contribution in [1.29, 1.82) is 0 Å². The largest absolute Gasteiger partial charge is 0.492 e. The number of rotatable bonds is 3. The lowest BCUT2D eigenvalue weighted by Crippen LogP contribution is -2.10. The predicted octanol–water partition coefficient (Wildman–Crippen LogP) is 0.459. The molecule has 2 aromatic rings. The van der Waals surface area contributed by atoms with Crippen molar-refractivity contribution in [3.63, 3.8) is 0 Å². The topological polar surface area (TPSA) is 81.2 Å². The van der Waals surface area contributed by atoms with Gasteiger partial charge in [0.05, 0.1) is 5.52 Å². The maximum Gasteiger partial charge on any atom is 0.417 e. The standard InChI is InChI=1S/C9H10N2O3/c10-3-4-13-6-1-2-8-7(5-6)11-9(12)14-8/h1-2,5H,3-4,10H2,(H,11,12). The van der Waals surface area contributed by atoms with Crippen LogP contribution in [0.3, 0.4) is 0 Å². The third kappa shape index (κ3) is 1.62. The summed E-state index contributed by atoms with van der Waals surface area (Å²) in [6.07, 6.45) is 0. The van der Waals surface area contributed by atoms with E-state index in [2.05, 4.69) is 4.98 Å². The number of nitrogens with one attached hydrogen (secondary N) is 1. The number of H-pyrrole nitrogens is 1. The Balaban J connectivity index is 2.35. The Morgan fingerprint density at radius 3 is 3.14 bits per heavy atom. The number of hydrogen-bond acceptors (Lipinski definition) is 4. The molecule has 0 bridgehead atoms. The number of nitrogens with two attached hydrogens (primary N) is 1. The molecule has 5 heteroatoms. The average molecular weight is 194 g/mol. The molecule has 0 aliphatic carbocycles. The molecule has 1 aromatic carbocycles. The van der Waals surface area contributed by atoms with Crippen molar-refractivity contribution in [1.82, 2.24) is 4.98 Å². The van der Waals surface area contributed by atoms with Crippen molar-refractivity contribution in [2.24, 2.45) is 5.73 Å². The maximum atomic E-state index is 10.8. The highest BCUT2D eigenvalue weighted by Gasteiger charge is 2.01. The second kappa shape index (κ2) is 3.55. The Hall–Kier alpha value is -1.75. The molecule has 0 atom stereocenters. The van der Waals surface area contributed by atoms with Crippen molar-refractivity contribution in [2.75, 3.05) is 13.2 Å². The lowest BCUT2D eigenvalue weighted by Gasteiger charge is -2.02. The Morgan fingerprint density at radius 2 is 2.36 bits per heavy atom. The van der Waals surface area contributed by atoms with Crippen LogP contribution in [0.4, 0.5) is 0 Å². The zero-order chi connectivity index (χ0) is 9.97. The highest BCUT2D eigenvalue weighted by molar-refractivity contribution is 5.73. The summed E-state index contributed by atoms with van der Waals surface area (Å²) in [4.78, 5) is 13.4. The zero-order valence-corrected chi connectivity index (χ0v) is 7.45. The van der Waals surface area contributed by atoms with E-state index in [1.54, 1.807) is 18.2 Å². The number of benzene rings is 1. The van der Waals surface area contributed by atoms with Gasteiger partial charge >= 0.3 is 5.76 Å². The summed E-state index contributed by atoms with van der Waals surface area (Å²) in [5, 5.41) is 0. The average Bonchev–Trinajstić information content (AvgIpc) is 2.54. The molecule has 2 rings (SSSR count). The van der Waals surface area contributed by atoms with Crippen LogP contribution >= 0.6 is 0 Å². The van der Waals surface area contributed by atoms with E-state index < -0.39 is 5.76 Å². The fraction of sp³-hybridized carbons (Fsp3) is 0.222. The summed E-state index contributed by atoms with van der Waals surface area (Å²) in [6, 6.07) is 5.11. The lowest BCUT2D eigenvalue weighted by molar-refractivity contribution is 0.328. The number of oxazole rings is 1. The van der Waals surface area contributed by atoms with Crippen molar-refractivity contribution < 1.29 is 9.15 Å². The molecule has 0 aliphatic rings. The number of ether oxygens (including phenoxy) is 1. The minimum absolute atomic E-state index is 0.452. The quantitative estimate of drug-likeness (QED) is 0.743. The summed E-state index contributed by atoms with van der Waals surface area (Å²) in [6.45, 7) is 0.910. The number of hydrogen-bond donors (Lipinski definition) is 2. The molecule has 0 unspecified atom stereocenters. The molecule has 0 saturated carbocycles. The van der Waals surface area contributed by atoms with Crippen molar-refractivity contribution in [3.8, 4) is 5.75 Å². The summed E-state index contributed by atoms with van der Waals surface area (Å²) >= 11 is 0. The van der Waals surface area contributed by atoms with E-state index in [0.29, 0.717) is 30.0 Å². The van der Waals surface area contributed by atoms with E-state index >= 15 is 0 Å². The monoisotopic (exact) mass is 194 g/mol. The van der Waals surface area contributed by atoms with Crippen LogP contribution in [-0.4, -0.2) is 18.1 Å². The second-order valence-electron chi connectivity index (χ2n) is 2.81. The van der Waals surface area contributed by atoms with E-state index in [-0.39, 0.29) is 0 Å². The van der Waals surface area contributed by atoms with Crippen LogP contribution in [0, 0.1) is 0 Å². The molecular weight excluding hydrogens is 184 g/mol. The molecule has 5 nitrogen and oxygen atoms in total. The lowest BCUT2D eigenvalue weighted by atomic mass is 10.3. The first-order valence-electron chi connectivity index (χ1n) is 4.25. The molecule has 0 fully saturated rings. The molecule has 0 saturated heterocycles. The van der Waals surface area contributed by atoms with Crippen molar-refractivity contribution >= 4 is 11.1 Å². The smallest absolute Gasteiger partial charge is 0.417 e. The SMILES string of the molecule is NCCOc1ccc2oc(=O)[nH]c2c1. The Labute approximate surface area is 79.5 Å². The first kappa shape index (κ1) is 8.83. The highest BCUT2D eigenvalue weighted by Crippen LogP contribution is 2.17. The maximum absolute atomic E-state index is 10.8. The van der Waals surface area contributed by atoms with E-state index in [9.17, 15) is 4.79 Å². The van der Waals surface area contributed by atoms with Crippen molar-refractivity contribution in [2.45, 2.75) is 0 Å². The minimum Gasteiger partial charge on any atom is -0.492 e. The highest BCUT2D eigenvalue weighted by atomic mass is 16.5. The van der Waals surface area contributed by atoms with Gasteiger partial charge in [0.25, 0.3) is 0 Å². The van der Waals surface area contributed by atoms with Crippen LogP contribution in [0.25, 0.3) is 11.1 Å². The third-order valence-corrected chi connectivity index (χ3v) is 1.78. The normalized spacial score (nSPS) is 10.6. The molecular formula is C9H10N2O3. The first-order valence-corrected chi connectivity index (χ1v) is 4.25. The summed E-state index contributed by atoms with van der Waals surface area (Å²) in [7, 11) is 0. The first-order chi connectivity index (χ1) is 6.79. The Kier molecular flexibility index (Phi) is 2.24. The van der Waals surface area contributed by atoms with Gasteiger partial charge in [-0.1, -0.05) is 0 Å². The van der Waals surface area contributed by atoms with Gasteiger partial charge in [0.1, 0.15) is 12.4 Å². The van der Waals surface area contributed by atoms with Crippen LogP contribution in [-0.2, 0) is 0 Å². The summed E-state index contributed by atoms with van der Waals surface area (Å²) < 4.78 is 10.1. The van der Waals surface area contributed by atoms with Gasteiger partial charge < -0.3 is 14.9 Å². The molecule has 1 aromatic heterocycles. The molecule has 3 N–H and O–H groups in total. The van der Waals surface area contributed by atoms with E-state index in [1.165, 1.54) is 0 Å². The third-order valence-electron chi connectivity index (χ3n) is 1.78. The fourth-order valence-corrected chi connectivity index (χ4v) is 1.20. The summed E-state index contributed by atoms with van der Waals surface area (Å²) in [5.74, 6) is 0.205. The van der Waals surface area contributed by atoms with Gasteiger partial charge in [-0.05, 0) is 12.1 Å². The molecule has 14 heavy (non-hydrogen) atoms. The van der Waals surface area contributed by atoms with Crippen LogP contribution in [0.5, 0.6) is 5.75 Å². The molecule has 0 aliphatic heterocycles. The van der Waals surface area contributed by atoms with Gasteiger partial charge in [-0.15, -0.1) is 0 Å². The van der Waals surface area contributed by atoms with Crippen LogP contribution < -0.4 is 16.2 Å². The molecule has 0 amide bonds. The Bertz CT molecular complexity index is 486. The van der Waals surface area contributed by atoms with Crippen molar-refractivity contribution in [3.05, 3.63) is 28.7 Å².